The Morgan fingerprint density at radius 1 is 1.25 bits per heavy atom. The van der Waals surface area contributed by atoms with Crippen LogP contribution in [0, 0.1) is 6.92 Å². The van der Waals surface area contributed by atoms with Gasteiger partial charge in [-0.2, -0.15) is 4.98 Å². The maximum absolute atomic E-state index is 12.9. The van der Waals surface area contributed by atoms with Crippen LogP contribution in [-0.4, -0.2) is 63.3 Å². The van der Waals surface area contributed by atoms with Crippen molar-refractivity contribution in [1.82, 2.24) is 30.0 Å². The van der Waals surface area contributed by atoms with Crippen LogP contribution in [0.2, 0.25) is 0 Å². The first kappa shape index (κ1) is 18.0. The summed E-state index contributed by atoms with van der Waals surface area (Å²) in [6.07, 6.45) is 2.55. The van der Waals surface area contributed by atoms with Crippen molar-refractivity contribution in [3.63, 3.8) is 0 Å². The average Bonchev–Trinajstić information content (AvgIpc) is 3.46. The molecule has 0 aliphatic carbocycles. The molecular formula is C18H20N6O4. The summed E-state index contributed by atoms with van der Waals surface area (Å²) in [6.45, 7) is 2.91. The fraction of sp³-hybridized carbons (Fsp3) is 0.389. The van der Waals surface area contributed by atoms with E-state index >= 15 is 0 Å². The van der Waals surface area contributed by atoms with Gasteiger partial charge in [0.2, 0.25) is 0 Å². The van der Waals surface area contributed by atoms with Crippen molar-refractivity contribution in [2.75, 3.05) is 27.3 Å². The molecule has 0 N–H and O–H groups in total. The molecule has 0 saturated carbocycles. The summed E-state index contributed by atoms with van der Waals surface area (Å²) in [5.41, 5.74) is 1.07. The molecule has 1 aromatic carbocycles. The van der Waals surface area contributed by atoms with Crippen LogP contribution in [0.15, 0.2) is 28.9 Å². The van der Waals surface area contributed by atoms with Crippen molar-refractivity contribution in [2.45, 2.75) is 19.4 Å². The Kier molecular flexibility index (Phi) is 4.68. The van der Waals surface area contributed by atoms with Gasteiger partial charge in [-0.15, -0.1) is 5.10 Å². The van der Waals surface area contributed by atoms with Gasteiger partial charge in [0.05, 0.1) is 26.5 Å². The molecule has 1 fully saturated rings. The lowest BCUT2D eigenvalue weighted by atomic mass is 10.1. The Morgan fingerprint density at radius 3 is 2.79 bits per heavy atom. The van der Waals surface area contributed by atoms with E-state index in [9.17, 15) is 4.79 Å². The highest BCUT2D eigenvalue weighted by Gasteiger charge is 2.29. The molecule has 1 aliphatic rings. The van der Waals surface area contributed by atoms with E-state index in [1.54, 1.807) is 55.1 Å². The first-order valence-electron chi connectivity index (χ1n) is 8.83. The summed E-state index contributed by atoms with van der Waals surface area (Å²) < 4.78 is 17.4. The summed E-state index contributed by atoms with van der Waals surface area (Å²) >= 11 is 0. The molecule has 10 nitrogen and oxygen atoms in total. The molecule has 1 saturated heterocycles. The second-order valence-electron chi connectivity index (χ2n) is 6.49. The zero-order valence-corrected chi connectivity index (χ0v) is 15.8. The predicted molar refractivity (Wildman–Crippen MR) is 97.2 cm³/mol. The number of aromatic nitrogens is 5. The molecule has 3 aromatic rings. The summed E-state index contributed by atoms with van der Waals surface area (Å²) in [5, 5.41) is 12.0. The smallest absolute Gasteiger partial charge is 0.280 e. The lowest BCUT2D eigenvalue weighted by Gasteiger charge is -2.17. The highest BCUT2D eigenvalue weighted by atomic mass is 16.5. The number of aryl methyl sites for hydroxylation is 1. The van der Waals surface area contributed by atoms with E-state index < -0.39 is 0 Å². The zero-order valence-electron chi connectivity index (χ0n) is 15.8. The predicted octanol–water partition coefficient (Wildman–Crippen LogP) is 1.74. The Balaban J connectivity index is 1.47. The lowest BCUT2D eigenvalue weighted by Crippen LogP contribution is -2.29. The topological polar surface area (TPSA) is 108 Å². The van der Waals surface area contributed by atoms with E-state index in [1.165, 1.54) is 0 Å². The summed E-state index contributed by atoms with van der Waals surface area (Å²) in [6, 6.07) is 5.20. The number of methoxy groups -OCH3 is 2. The minimum atomic E-state index is -0.0590. The molecule has 2 aromatic heterocycles. The quantitative estimate of drug-likeness (QED) is 0.654. The van der Waals surface area contributed by atoms with E-state index in [1.807, 2.05) is 0 Å². The molecule has 1 atom stereocenters. The maximum Gasteiger partial charge on any atom is 0.280 e. The first-order valence-corrected chi connectivity index (χ1v) is 8.83. The van der Waals surface area contributed by atoms with Gasteiger partial charge in [0, 0.05) is 18.7 Å². The number of rotatable bonds is 5. The van der Waals surface area contributed by atoms with Crippen molar-refractivity contribution in [2.24, 2.45) is 0 Å². The third-order valence-electron chi connectivity index (χ3n) is 4.71. The average molecular weight is 384 g/mol. The minimum absolute atomic E-state index is 0.0364. The van der Waals surface area contributed by atoms with E-state index in [2.05, 4.69) is 20.5 Å². The summed E-state index contributed by atoms with van der Waals surface area (Å²) in [4.78, 5) is 18.8. The van der Waals surface area contributed by atoms with E-state index in [-0.39, 0.29) is 11.9 Å². The van der Waals surface area contributed by atoms with Crippen LogP contribution < -0.4 is 9.47 Å². The molecule has 0 bridgehead atoms. The number of nitrogens with zero attached hydrogens (tertiary/aromatic N) is 6. The number of amides is 1. The van der Waals surface area contributed by atoms with Crippen molar-refractivity contribution >= 4 is 5.91 Å². The van der Waals surface area contributed by atoms with E-state index in [0.29, 0.717) is 47.6 Å². The largest absolute Gasteiger partial charge is 0.493 e. The van der Waals surface area contributed by atoms with Gasteiger partial charge in [0.25, 0.3) is 11.8 Å². The van der Waals surface area contributed by atoms with Crippen LogP contribution in [0.5, 0.6) is 11.5 Å². The standard InChI is InChI=1S/C18H20N6O4/c1-11-19-17(28-21-11)14-10-24(22-20-14)13-6-7-23(9-13)18(25)12-4-5-15(26-2)16(8-12)27-3/h4-5,8,10,13H,6-7,9H2,1-3H3. The molecule has 0 spiro atoms. The van der Waals surface area contributed by atoms with Crippen molar-refractivity contribution in [3.8, 4) is 23.1 Å². The number of ether oxygens (including phenoxy) is 2. The summed E-state index contributed by atoms with van der Waals surface area (Å²) in [5.74, 6) is 1.93. The number of benzene rings is 1. The van der Waals surface area contributed by atoms with Crippen LogP contribution in [0.25, 0.3) is 11.6 Å². The molecule has 1 amide bonds. The number of likely N-dealkylation sites (tertiary alicyclic amines) is 1. The molecule has 4 rings (SSSR count). The Morgan fingerprint density at radius 2 is 2.07 bits per heavy atom. The van der Waals surface area contributed by atoms with Gasteiger partial charge in [-0.3, -0.25) is 4.79 Å². The van der Waals surface area contributed by atoms with Gasteiger partial charge >= 0.3 is 0 Å². The van der Waals surface area contributed by atoms with Gasteiger partial charge in [-0.25, -0.2) is 4.68 Å². The highest BCUT2D eigenvalue weighted by molar-refractivity contribution is 5.95. The maximum atomic E-state index is 12.9. The Hall–Kier alpha value is -3.43. The van der Waals surface area contributed by atoms with E-state index in [0.717, 1.165) is 6.42 Å². The van der Waals surface area contributed by atoms with Crippen LogP contribution in [0.3, 0.4) is 0 Å². The zero-order chi connectivity index (χ0) is 19.7. The fourth-order valence-corrected chi connectivity index (χ4v) is 3.25. The first-order chi connectivity index (χ1) is 13.6. The fourth-order valence-electron chi connectivity index (χ4n) is 3.25. The highest BCUT2D eigenvalue weighted by Crippen LogP contribution is 2.29. The van der Waals surface area contributed by atoms with Gasteiger partial charge in [0.15, 0.2) is 23.0 Å². The molecule has 146 valence electrons. The van der Waals surface area contributed by atoms with Crippen LogP contribution in [-0.2, 0) is 0 Å². The van der Waals surface area contributed by atoms with Crippen molar-refractivity contribution in [1.29, 1.82) is 0 Å². The molecule has 28 heavy (non-hydrogen) atoms. The third-order valence-corrected chi connectivity index (χ3v) is 4.71. The van der Waals surface area contributed by atoms with Crippen LogP contribution >= 0.6 is 0 Å². The molecule has 3 heterocycles. The van der Waals surface area contributed by atoms with Gasteiger partial charge in [-0.1, -0.05) is 10.4 Å². The normalized spacial score (nSPS) is 16.4. The number of carbonyl (C=O) groups is 1. The number of hydrogen-bond acceptors (Lipinski definition) is 8. The number of carbonyl (C=O) groups excluding carboxylic acids is 1. The Bertz CT molecular complexity index is 998. The number of hydrogen-bond donors (Lipinski definition) is 0. The third kappa shape index (κ3) is 3.28. The van der Waals surface area contributed by atoms with Gasteiger partial charge in [-0.05, 0) is 31.5 Å². The van der Waals surface area contributed by atoms with Crippen LogP contribution in [0.4, 0.5) is 0 Å². The summed E-state index contributed by atoms with van der Waals surface area (Å²) in [7, 11) is 3.11. The van der Waals surface area contributed by atoms with Crippen LogP contribution in [0.1, 0.15) is 28.6 Å². The monoisotopic (exact) mass is 384 g/mol. The minimum Gasteiger partial charge on any atom is -0.493 e. The molecule has 1 unspecified atom stereocenters. The van der Waals surface area contributed by atoms with Crippen molar-refractivity contribution in [3.05, 3.63) is 35.8 Å². The van der Waals surface area contributed by atoms with Crippen molar-refractivity contribution < 1.29 is 18.8 Å². The van der Waals surface area contributed by atoms with Gasteiger partial charge in [0.1, 0.15) is 0 Å². The second kappa shape index (κ2) is 7.29. The van der Waals surface area contributed by atoms with E-state index in [4.69, 9.17) is 14.0 Å². The lowest BCUT2D eigenvalue weighted by molar-refractivity contribution is 0.0786. The second-order valence-corrected chi connectivity index (χ2v) is 6.49. The molecular weight excluding hydrogens is 364 g/mol. The molecule has 1 aliphatic heterocycles. The molecule has 10 heteroatoms. The SMILES string of the molecule is COc1ccc(C(=O)N2CCC(n3cc(-c4nc(C)no4)nn3)C2)cc1OC. The Labute approximate surface area is 161 Å². The molecule has 0 radical (unpaired) electrons. The van der Waals surface area contributed by atoms with Gasteiger partial charge < -0.3 is 18.9 Å².